The molecule has 3 rings (SSSR count). The highest BCUT2D eigenvalue weighted by Crippen LogP contribution is 2.25. The summed E-state index contributed by atoms with van der Waals surface area (Å²) in [6.45, 7) is 0.765. The van der Waals surface area contributed by atoms with Gasteiger partial charge in [-0.1, -0.05) is 0 Å². The lowest BCUT2D eigenvalue weighted by atomic mass is 10.2. The molecule has 21 heavy (non-hydrogen) atoms. The number of thiophene rings is 2. The maximum atomic E-state index is 11.2. The minimum absolute atomic E-state index is 0.195. The van der Waals surface area contributed by atoms with E-state index in [2.05, 4.69) is 45.8 Å². The first kappa shape index (κ1) is 14.1. The van der Waals surface area contributed by atoms with Gasteiger partial charge in [0.2, 0.25) is 0 Å². The topological polar surface area (TPSA) is 38.3 Å². The fourth-order valence-corrected chi connectivity index (χ4v) is 3.81. The molecular formula is C16H15NO2S2. The third kappa shape index (κ3) is 3.43. The molecule has 108 valence electrons. The number of hydrogen-bond donors (Lipinski definition) is 1. The number of carbonyl (C=O) groups is 1. The molecule has 1 aromatic carbocycles. The summed E-state index contributed by atoms with van der Waals surface area (Å²) >= 11 is 3.39. The summed E-state index contributed by atoms with van der Waals surface area (Å²) in [6.07, 6.45) is 0.349. The molecule has 0 aliphatic carbocycles. The van der Waals surface area contributed by atoms with E-state index in [1.54, 1.807) is 22.7 Å². The lowest BCUT2D eigenvalue weighted by molar-refractivity contribution is -0.139. The summed E-state index contributed by atoms with van der Waals surface area (Å²) < 4.78 is 5.98. The van der Waals surface area contributed by atoms with Gasteiger partial charge in [-0.05, 0) is 47.2 Å². The van der Waals surface area contributed by atoms with Crippen LogP contribution in [0.5, 0.6) is 0 Å². The summed E-state index contributed by atoms with van der Waals surface area (Å²) in [5.74, 6) is -0.195. The number of ether oxygens (including phenoxy) is 1. The molecule has 0 bridgehead atoms. The van der Waals surface area contributed by atoms with Crippen molar-refractivity contribution < 1.29 is 9.53 Å². The molecule has 0 aliphatic rings. The fraction of sp³-hybridized carbons (Fsp3) is 0.188. The number of esters is 1. The highest BCUT2D eigenvalue weighted by atomic mass is 32.1. The Hall–Kier alpha value is -1.85. The molecule has 3 nitrogen and oxygen atoms in total. The highest BCUT2D eigenvalue weighted by Gasteiger charge is 2.06. The summed E-state index contributed by atoms with van der Waals surface area (Å²) in [6, 6.07) is 12.6. The minimum atomic E-state index is -0.195. The first-order chi connectivity index (χ1) is 10.2. The molecule has 0 fully saturated rings. The Kier molecular flexibility index (Phi) is 4.22. The Morgan fingerprint density at radius 3 is 2.90 bits per heavy atom. The van der Waals surface area contributed by atoms with Crippen LogP contribution in [0.3, 0.4) is 0 Å². The first-order valence-electron chi connectivity index (χ1n) is 6.60. The molecule has 3 aromatic rings. The zero-order valence-electron chi connectivity index (χ0n) is 11.6. The van der Waals surface area contributed by atoms with Crippen LogP contribution in [0.4, 0.5) is 5.69 Å². The molecule has 0 saturated heterocycles. The molecule has 0 saturated carbocycles. The van der Waals surface area contributed by atoms with Gasteiger partial charge in [0.15, 0.2) is 0 Å². The maximum Gasteiger partial charge on any atom is 0.310 e. The normalized spacial score (nSPS) is 10.7. The molecular weight excluding hydrogens is 302 g/mol. The molecule has 1 N–H and O–H groups in total. The van der Waals surface area contributed by atoms with E-state index in [-0.39, 0.29) is 5.97 Å². The molecule has 2 heterocycles. The van der Waals surface area contributed by atoms with Gasteiger partial charge in [0.1, 0.15) is 0 Å². The highest BCUT2D eigenvalue weighted by molar-refractivity contribution is 7.17. The third-order valence-corrected chi connectivity index (χ3v) is 5.17. The summed E-state index contributed by atoms with van der Waals surface area (Å²) in [5.41, 5.74) is 1.11. The number of carbonyl (C=O) groups excluding carboxylic acids is 1. The SMILES string of the molecule is COC(=O)Cc1ccc(CNc2ccc3sccc3c2)s1. The van der Waals surface area contributed by atoms with Crippen LogP contribution >= 0.6 is 22.7 Å². The summed E-state index contributed by atoms with van der Waals surface area (Å²) in [5, 5.41) is 6.79. The van der Waals surface area contributed by atoms with E-state index in [0.717, 1.165) is 17.1 Å². The summed E-state index contributed by atoms with van der Waals surface area (Å²) in [4.78, 5) is 13.5. The maximum absolute atomic E-state index is 11.2. The molecule has 2 aromatic heterocycles. The van der Waals surface area contributed by atoms with Gasteiger partial charge in [-0.15, -0.1) is 22.7 Å². The van der Waals surface area contributed by atoms with Crippen molar-refractivity contribution in [1.82, 2.24) is 0 Å². The van der Waals surface area contributed by atoms with E-state index in [9.17, 15) is 4.79 Å². The second-order valence-corrected chi connectivity index (χ2v) is 6.85. The predicted molar refractivity (Wildman–Crippen MR) is 89.2 cm³/mol. The average Bonchev–Trinajstić information content (AvgIpc) is 3.13. The number of methoxy groups -OCH3 is 1. The Morgan fingerprint density at radius 1 is 1.19 bits per heavy atom. The number of nitrogens with one attached hydrogen (secondary N) is 1. The van der Waals surface area contributed by atoms with Crippen LogP contribution in [0.15, 0.2) is 41.8 Å². The van der Waals surface area contributed by atoms with Crippen molar-refractivity contribution in [2.75, 3.05) is 12.4 Å². The molecule has 0 radical (unpaired) electrons. The molecule has 0 unspecified atom stereocenters. The van der Waals surface area contributed by atoms with E-state index in [1.165, 1.54) is 22.1 Å². The van der Waals surface area contributed by atoms with Crippen LogP contribution in [-0.4, -0.2) is 13.1 Å². The van der Waals surface area contributed by atoms with E-state index in [4.69, 9.17) is 0 Å². The van der Waals surface area contributed by atoms with Gasteiger partial charge in [0.25, 0.3) is 0 Å². The quantitative estimate of drug-likeness (QED) is 0.713. The van der Waals surface area contributed by atoms with Gasteiger partial charge < -0.3 is 10.1 Å². The van der Waals surface area contributed by atoms with Crippen molar-refractivity contribution in [3.05, 3.63) is 51.5 Å². The Labute approximate surface area is 131 Å². The average molecular weight is 317 g/mol. The number of hydrogen-bond acceptors (Lipinski definition) is 5. The predicted octanol–water partition coefficient (Wildman–Crippen LogP) is 4.29. The second-order valence-electron chi connectivity index (χ2n) is 4.65. The van der Waals surface area contributed by atoms with Crippen molar-refractivity contribution >= 4 is 44.4 Å². The van der Waals surface area contributed by atoms with Crippen molar-refractivity contribution in [3.63, 3.8) is 0 Å². The smallest absolute Gasteiger partial charge is 0.310 e. The number of anilines is 1. The molecule has 0 aliphatic heterocycles. The van der Waals surface area contributed by atoms with Gasteiger partial charge in [0, 0.05) is 26.7 Å². The monoisotopic (exact) mass is 317 g/mol. The zero-order valence-corrected chi connectivity index (χ0v) is 13.2. The number of benzene rings is 1. The van der Waals surface area contributed by atoms with Crippen molar-refractivity contribution in [2.45, 2.75) is 13.0 Å². The van der Waals surface area contributed by atoms with E-state index in [1.807, 2.05) is 6.07 Å². The Balaban J connectivity index is 1.63. The van der Waals surface area contributed by atoms with Crippen LogP contribution in [0.1, 0.15) is 9.75 Å². The fourth-order valence-electron chi connectivity index (χ4n) is 2.09. The first-order valence-corrected chi connectivity index (χ1v) is 8.30. The van der Waals surface area contributed by atoms with Crippen molar-refractivity contribution in [1.29, 1.82) is 0 Å². The standard InChI is InChI=1S/C16H15NO2S2/c1-19-16(18)9-13-3-4-14(21-13)10-17-12-2-5-15-11(8-12)6-7-20-15/h2-8,17H,9-10H2,1H3. The van der Waals surface area contributed by atoms with Gasteiger partial charge in [0.05, 0.1) is 13.5 Å². The van der Waals surface area contributed by atoms with Crippen LogP contribution in [-0.2, 0) is 22.5 Å². The second kappa shape index (κ2) is 6.28. The largest absolute Gasteiger partial charge is 0.469 e. The van der Waals surface area contributed by atoms with Gasteiger partial charge in [-0.25, -0.2) is 0 Å². The van der Waals surface area contributed by atoms with Crippen molar-refractivity contribution in [2.24, 2.45) is 0 Å². The van der Waals surface area contributed by atoms with Gasteiger partial charge in [-0.2, -0.15) is 0 Å². The molecule has 0 amide bonds. The van der Waals surface area contributed by atoms with E-state index >= 15 is 0 Å². The Morgan fingerprint density at radius 2 is 2.05 bits per heavy atom. The van der Waals surface area contributed by atoms with Crippen LogP contribution < -0.4 is 5.32 Å². The minimum Gasteiger partial charge on any atom is -0.469 e. The number of fused-ring (bicyclic) bond motifs is 1. The number of rotatable bonds is 5. The third-order valence-electron chi connectivity index (χ3n) is 3.18. The van der Waals surface area contributed by atoms with Gasteiger partial charge >= 0.3 is 5.97 Å². The lowest BCUT2D eigenvalue weighted by Crippen LogP contribution is -2.02. The molecule has 5 heteroatoms. The molecule has 0 atom stereocenters. The zero-order chi connectivity index (χ0) is 14.7. The van der Waals surface area contributed by atoms with Crippen molar-refractivity contribution in [3.8, 4) is 0 Å². The van der Waals surface area contributed by atoms with E-state index in [0.29, 0.717) is 6.42 Å². The summed E-state index contributed by atoms with van der Waals surface area (Å²) in [7, 11) is 1.42. The van der Waals surface area contributed by atoms with Gasteiger partial charge in [-0.3, -0.25) is 4.79 Å². The lowest BCUT2D eigenvalue weighted by Gasteiger charge is -2.04. The Bertz CT molecular complexity index is 760. The van der Waals surface area contributed by atoms with Crippen LogP contribution in [0, 0.1) is 0 Å². The van der Waals surface area contributed by atoms with Crippen LogP contribution in [0.2, 0.25) is 0 Å². The molecule has 0 spiro atoms. The van der Waals surface area contributed by atoms with E-state index < -0.39 is 0 Å². The van der Waals surface area contributed by atoms with Crippen LogP contribution in [0.25, 0.3) is 10.1 Å².